The molecule has 0 fully saturated rings. The first-order valence-corrected chi connectivity index (χ1v) is 8.06. The maximum Gasteiger partial charge on any atom is 0.227 e. The number of carbonyl (C=O) groups is 1. The van der Waals surface area contributed by atoms with Gasteiger partial charge in [0.05, 0.1) is 25.3 Å². The molecule has 25 heavy (non-hydrogen) atoms. The summed E-state index contributed by atoms with van der Waals surface area (Å²) < 4.78 is 29.3. The third-order valence-electron chi connectivity index (χ3n) is 3.17. The lowest BCUT2D eigenvalue weighted by Crippen LogP contribution is -2.16. The molecular weight excluding hydrogens is 349 g/mol. The molecule has 0 atom stereocenters. The van der Waals surface area contributed by atoms with E-state index in [-0.39, 0.29) is 24.6 Å². The number of hydrogen-bond donors (Lipinski definition) is 1. The molecule has 0 spiro atoms. The zero-order chi connectivity index (χ0) is 18.1. The van der Waals surface area contributed by atoms with Crippen molar-refractivity contribution in [1.82, 2.24) is 0 Å². The first kappa shape index (κ1) is 19.0. The lowest BCUT2D eigenvalue weighted by Gasteiger charge is -2.13. The monoisotopic (exact) mass is 367 g/mol. The molecule has 0 heterocycles. The summed E-state index contributed by atoms with van der Waals surface area (Å²) in [6.07, 6.45) is 0.108. The van der Waals surface area contributed by atoms with Crippen molar-refractivity contribution in [2.24, 2.45) is 0 Å². The van der Waals surface area contributed by atoms with E-state index in [2.05, 4.69) is 5.32 Å². The van der Waals surface area contributed by atoms with E-state index in [1.807, 2.05) is 0 Å². The Hall–Kier alpha value is -2.31. The Morgan fingerprint density at radius 3 is 2.56 bits per heavy atom. The van der Waals surface area contributed by atoms with E-state index in [4.69, 9.17) is 25.8 Å². The minimum Gasteiger partial charge on any atom is -0.493 e. The van der Waals surface area contributed by atoms with Gasteiger partial charge in [-0.3, -0.25) is 4.79 Å². The highest BCUT2D eigenvalue weighted by Gasteiger charge is 2.10. The quantitative estimate of drug-likeness (QED) is 0.683. The number of rotatable bonds is 9. The van der Waals surface area contributed by atoms with Crippen LogP contribution < -0.4 is 14.8 Å². The van der Waals surface area contributed by atoms with Gasteiger partial charge in [-0.25, -0.2) is 4.39 Å². The lowest BCUT2D eigenvalue weighted by molar-refractivity contribution is -0.116. The summed E-state index contributed by atoms with van der Waals surface area (Å²) in [4.78, 5) is 12.0. The van der Waals surface area contributed by atoms with Crippen LogP contribution in [-0.4, -0.2) is 32.8 Å². The summed E-state index contributed by atoms with van der Waals surface area (Å²) >= 11 is 5.79. The van der Waals surface area contributed by atoms with E-state index in [0.29, 0.717) is 29.7 Å². The molecule has 0 radical (unpaired) electrons. The number of benzene rings is 2. The van der Waals surface area contributed by atoms with Crippen LogP contribution >= 0.6 is 11.6 Å². The van der Waals surface area contributed by atoms with Crippen molar-refractivity contribution < 1.29 is 23.4 Å². The normalized spacial score (nSPS) is 10.4. The highest BCUT2D eigenvalue weighted by atomic mass is 35.5. The fraction of sp³-hybridized carbons (Fsp3) is 0.278. The number of anilines is 1. The average molecular weight is 368 g/mol. The first-order valence-electron chi connectivity index (χ1n) is 7.68. The minimum absolute atomic E-state index is 0.108. The largest absolute Gasteiger partial charge is 0.493 e. The molecule has 0 unspecified atom stereocenters. The van der Waals surface area contributed by atoms with Gasteiger partial charge in [0.25, 0.3) is 0 Å². The van der Waals surface area contributed by atoms with Gasteiger partial charge in [0.2, 0.25) is 5.91 Å². The van der Waals surface area contributed by atoms with Crippen LogP contribution in [0.25, 0.3) is 0 Å². The third-order valence-corrected chi connectivity index (χ3v) is 3.42. The molecule has 0 saturated carbocycles. The zero-order valence-corrected chi connectivity index (χ0v) is 14.5. The van der Waals surface area contributed by atoms with Crippen molar-refractivity contribution in [3.05, 3.63) is 53.3 Å². The van der Waals surface area contributed by atoms with Crippen LogP contribution in [0.5, 0.6) is 11.5 Å². The number of ether oxygens (including phenoxy) is 3. The Bertz CT molecular complexity index is 694. The Kier molecular flexibility index (Phi) is 7.50. The molecule has 0 saturated heterocycles. The number of halogens is 2. The average Bonchev–Trinajstić information content (AvgIpc) is 2.59. The van der Waals surface area contributed by atoms with Gasteiger partial charge < -0.3 is 19.5 Å². The van der Waals surface area contributed by atoms with Crippen LogP contribution in [0.4, 0.5) is 10.1 Å². The summed E-state index contributed by atoms with van der Waals surface area (Å²) in [5.74, 6) is 0.222. The van der Waals surface area contributed by atoms with Crippen LogP contribution in [0.1, 0.15) is 6.42 Å². The maximum atomic E-state index is 13.4. The molecular formula is C18H19ClFNO4. The zero-order valence-electron chi connectivity index (χ0n) is 13.8. The van der Waals surface area contributed by atoms with Gasteiger partial charge in [-0.15, -0.1) is 0 Å². The van der Waals surface area contributed by atoms with Crippen molar-refractivity contribution >= 4 is 23.2 Å². The van der Waals surface area contributed by atoms with Crippen LogP contribution in [0.2, 0.25) is 5.02 Å². The number of hydrogen-bond acceptors (Lipinski definition) is 4. The standard InChI is InChI=1S/C18H19ClFNO4/c1-23-10-11-25-17-7-4-14(20)12-16(17)21-18(22)8-9-24-15-5-2-13(19)3-6-15/h2-7,12H,8-11H2,1H3,(H,21,22). The summed E-state index contributed by atoms with van der Waals surface area (Å²) in [7, 11) is 1.55. The summed E-state index contributed by atoms with van der Waals surface area (Å²) in [5.41, 5.74) is 0.271. The van der Waals surface area contributed by atoms with Crippen molar-refractivity contribution in [2.75, 3.05) is 32.2 Å². The van der Waals surface area contributed by atoms with Crippen molar-refractivity contribution in [2.45, 2.75) is 6.42 Å². The molecule has 2 aromatic rings. The van der Waals surface area contributed by atoms with Crippen LogP contribution in [0, 0.1) is 5.82 Å². The molecule has 134 valence electrons. The number of carbonyl (C=O) groups excluding carboxylic acids is 1. The second kappa shape index (κ2) is 9.86. The summed E-state index contributed by atoms with van der Waals surface area (Å²) in [6, 6.07) is 10.8. The Morgan fingerprint density at radius 1 is 1.08 bits per heavy atom. The maximum absolute atomic E-state index is 13.4. The van der Waals surface area contributed by atoms with E-state index in [1.165, 1.54) is 18.2 Å². The smallest absolute Gasteiger partial charge is 0.227 e. The second-order valence-electron chi connectivity index (χ2n) is 5.08. The summed E-state index contributed by atoms with van der Waals surface area (Å²) in [6.45, 7) is 0.868. The molecule has 2 aromatic carbocycles. The van der Waals surface area contributed by atoms with Crippen molar-refractivity contribution in [3.63, 3.8) is 0 Å². The van der Waals surface area contributed by atoms with Crippen LogP contribution in [0.3, 0.4) is 0 Å². The van der Waals surface area contributed by atoms with Gasteiger partial charge in [-0.05, 0) is 36.4 Å². The lowest BCUT2D eigenvalue weighted by atomic mass is 10.2. The van der Waals surface area contributed by atoms with Gasteiger partial charge in [-0.2, -0.15) is 0 Å². The number of amides is 1. The molecule has 0 aliphatic rings. The Balaban J connectivity index is 1.86. The van der Waals surface area contributed by atoms with E-state index < -0.39 is 5.82 Å². The SMILES string of the molecule is COCCOc1ccc(F)cc1NC(=O)CCOc1ccc(Cl)cc1. The highest BCUT2D eigenvalue weighted by Crippen LogP contribution is 2.25. The van der Waals surface area contributed by atoms with Crippen LogP contribution in [0.15, 0.2) is 42.5 Å². The topological polar surface area (TPSA) is 56.8 Å². The van der Waals surface area contributed by atoms with Gasteiger partial charge in [0.15, 0.2) is 0 Å². The van der Waals surface area contributed by atoms with Gasteiger partial charge in [0.1, 0.15) is 23.9 Å². The minimum atomic E-state index is -0.466. The van der Waals surface area contributed by atoms with E-state index in [0.717, 1.165) is 0 Å². The molecule has 0 aliphatic carbocycles. The van der Waals surface area contributed by atoms with Gasteiger partial charge in [0, 0.05) is 18.2 Å². The fourth-order valence-corrected chi connectivity index (χ4v) is 2.09. The molecule has 1 amide bonds. The van der Waals surface area contributed by atoms with E-state index in [1.54, 1.807) is 31.4 Å². The molecule has 0 aromatic heterocycles. The molecule has 7 heteroatoms. The third kappa shape index (κ3) is 6.60. The van der Waals surface area contributed by atoms with Gasteiger partial charge in [-0.1, -0.05) is 11.6 Å². The van der Waals surface area contributed by atoms with E-state index >= 15 is 0 Å². The van der Waals surface area contributed by atoms with Crippen molar-refractivity contribution in [1.29, 1.82) is 0 Å². The van der Waals surface area contributed by atoms with Crippen molar-refractivity contribution in [3.8, 4) is 11.5 Å². The molecule has 5 nitrogen and oxygen atoms in total. The molecule has 1 N–H and O–H groups in total. The first-order chi connectivity index (χ1) is 12.1. The Labute approximate surface area is 150 Å². The fourth-order valence-electron chi connectivity index (χ4n) is 1.97. The summed E-state index contributed by atoms with van der Waals surface area (Å²) in [5, 5.41) is 3.24. The number of nitrogens with one attached hydrogen (secondary N) is 1. The van der Waals surface area contributed by atoms with Crippen LogP contribution in [-0.2, 0) is 9.53 Å². The predicted molar refractivity (Wildman–Crippen MR) is 94.0 cm³/mol. The predicted octanol–water partition coefficient (Wildman–Crippen LogP) is 3.91. The van der Waals surface area contributed by atoms with E-state index in [9.17, 15) is 9.18 Å². The molecule has 0 bridgehead atoms. The second-order valence-corrected chi connectivity index (χ2v) is 5.52. The molecule has 2 rings (SSSR count). The molecule has 0 aliphatic heterocycles. The highest BCUT2D eigenvalue weighted by molar-refractivity contribution is 6.30. The Morgan fingerprint density at radius 2 is 1.84 bits per heavy atom. The number of methoxy groups -OCH3 is 1. The van der Waals surface area contributed by atoms with Gasteiger partial charge >= 0.3 is 0 Å².